The maximum Gasteiger partial charge on any atom is 0.252 e. The number of primary amides is 1. The Balaban J connectivity index is 1.59. The van der Waals surface area contributed by atoms with E-state index in [4.69, 9.17) is 10.8 Å². The van der Waals surface area contributed by atoms with Gasteiger partial charge in [-0.3, -0.25) is 14.9 Å². The summed E-state index contributed by atoms with van der Waals surface area (Å²) in [5, 5.41) is 16.1. The molecular formula is C24H28N8OS. The minimum absolute atomic E-state index is 0.280. The maximum absolute atomic E-state index is 12.1. The molecule has 0 bridgehead atoms. The van der Waals surface area contributed by atoms with Gasteiger partial charge in [-0.2, -0.15) is 10.2 Å². The molecule has 4 aromatic rings. The summed E-state index contributed by atoms with van der Waals surface area (Å²) in [5.41, 5.74) is 11.8. The van der Waals surface area contributed by atoms with Gasteiger partial charge in [-0.05, 0) is 43.8 Å². The Morgan fingerprint density at radius 3 is 2.82 bits per heavy atom. The van der Waals surface area contributed by atoms with E-state index in [0.717, 1.165) is 50.3 Å². The summed E-state index contributed by atoms with van der Waals surface area (Å²) in [5.74, 6) is -0.0977. The molecule has 176 valence electrons. The zero-order chi connectivity index (χ0) is 24.0. The maximum atomic E-state index is 12.1. The molecule has 1 atom stereocenters. The van der Waals surface area contributed by atoms with Crippen LogP contribution in [0.25, 0.3) is 33.2 Å². The number of rotatable bonds is 7. The number of likely N-dealkylation sites (N-methyl/N-ethyl adjacent to an activating group) is 1. The third kappa shape index (κ3) is 3.92. The van der Waals surface area contributed by atoms with Crippen molar-refractivity contribution >= 4 is 44.6 Å². The number of thioether (sulfide) groups is 1. The van der Waals surface area contributed by atoms with Gasteiger partial charge < -0.3 is 15.6 Å². The minimum atomic E-state index is -0.497. The number of carbonyl (C=O) groups excluding carboxylic acids is 1. The number of H-pyrrole nitrogens is 2. The lowest BCUT2D eigenvalue weighted by Crippen LogP contribution is -2.39. The lowest BCUT2D eigenvalue weighted by Gasteiger charge is -2.21. The molecule has 1 aliphatic heterocycles. The average molecular weight is 477 g/mol. The number of amides is 1. The van der Waals surface area contributed by atoms with Gasteiger partial charge in [0.1, 0.15) is 5.04 Å². The first-order valence-corrected chi connectivity index (χ1v) is 12.1. The summed E-state index contributed by atoms with van der Waals surface area (Å²) < 4.78 is 0. The van der Waals surface area contributed by atoms with Crippen molar-refractivity contribution in [2.45, 2.75) is 25.1 Å². The fourth-order valence-corrected chi connectivity index (χ4v) is 5.40. The monoisotopic (exact) mass is 476 g/mol. The van der Waals surface area contributed by atoms with E-state index >= 15 is 0 Å². The van der Waals surface area contributed by atoms with Crippen LogP contribution in [0.3, 0.4) is 0 Å². The average Bonchev–Trinajstić information content (AvgIpc) is 3.52. The number of pyridine rings is 1. The Hall–Kier alpha value is -3.37. The largest absolute Gasteiger partial charge is 0.367 e. The van der Waals surface area contributed by atoms with Crippen molar-refractivity contribution in [3.05, 3.63) is 47.8 Å². The number of nitrogens with two attached hydrogens (primary N) is 1. The molecule has 3 aromatic heterocycles. The Kier molecular flexibility index (Phi) is 5.78. The highest BCUT2D eigenvalue weighted by Gasteiger charge is 2.32. The molecule has 1 unspecified atom stereocenters. The number of hydrogen-bond donors (Lipinski definition) is 3. The van der Waals surface area contributed by atoms with E-state index in [1.165, 1.54) is 17.3 Å². The third-order valence-electron chi connectivity index (χ3n) is 6.02. The van der Waals surface area contributed by atoms with E-state index in [9.17, 15) is 4.79 Å². The minimum Gasteiger partial charge on any atom is -0.367 e. The normalized spacial score (nSPS) is 16.4. The summed E-state index contributed by atoms with van der Waals surface area (Å²) in [6.45, 7) is 5.81. The van der Waals surface area contributed by atoms with Crippen LogP contribution in [0.1, 0.15) is 30.9 Å². The number of aromatic nitrogens is 4. The molecule has 4 N–H and O–H groups in total. The Bertz CT molecular complexity index is 1400. The molecule has 0 fully saturated rings. The number of aromatic amines is 2. The van der Waals surface area contributed by atoms with Crippen LogP contribution in [-0.2, 0) is 4.79 Å². The van der Waals surface area contributed by atoms with Crippen LogP contribution in [0.15, 0.2) is 41.8 Å². The van der Waals surface area contributed by atoms with Gasteiger partial charge in [0, 0.05) is 40.2 Å². The first-order valence-electron chi connectivity index (χ1n) is 11.2. The van der Waals surface area contributed by atoms with E-state index in [2.05, 4.69) is 51.0 Å². The molecule has 10 heteroatoms. The van der Waals surface area contributed by atoms with Crippen molar-refractivity contribution in [3.8, 4) is 11.3 Å². The zero-order valence-electron chi connectivity index (χ0n) is 19.7. The molecule has 1 amide bonds. The van der Waals surface area contributed by atoms with Crippen LogP contribution >= 0.6 is 11.8 Å². The molecule has 1 aliphatic rings. The van der Waals surface area contributed by atoms with Crippen molar-refractivity contribution in [1.82, 2.24) is 30.1 Å². The van der Waals surface area contributed by atoms with Crippen LogP contribution in [0, 0.1) is 0 Å². The molecule has 0 radical (unpaired) electrons. The van der Waals surface area contributed by atoms with Gasteiger partial charge in [0.25, 0.3) is 5.91 Å². The SMILES string of the molecule is CC(C)c1c(-c2ccnc3[nH]ncc23)[nH]c2ccc(C3=NN(CCN(C)C)C(C(N)=O)S3)cc12. The second kappa shape index (κ2) is 8.77. The predicted octanol–water partition coefficient (Wildman–Crippen LogP) is 3.31. The van der Waals surface area contributed by atoms with Gasteiger partial charge in [0.05, 0.1) is 18.4 Å². The van der Waals surface area contributed by atoms with Gasteiger partial charge in [-0.1, -0.05) is 31.7 Å². The molecule has 0 spiro atoms. The predicted molar refractivity (Wildman–Crippen MR) is 138 cm³/mol. The second-order valence-corrected chi connectivity index (χ2v) is 10.1. The fraction of sp³-hybridized carbons (Fsp3) is 0.333. The Morgan fingerprint density at radius 2 is 2.09 bits per heavy atom. The van der Waals surface area contributed by atoms with Crippen LogP contribution in [-0.4, -0.2) is 73.6 Å². The van der Waals surface area contributed by atoms with Crippen molar-refractivity contribution in [1.29, 1.82) is 0 Å². The first-order chi connectivity index (χ1) is 16.3. The molecule has 9 nitrogen and oxygen atoms in total. The summed E-state index contributed by atoms with van der Waals surface area (Å²) >= 11 is 1.41. The molecule has 0 aliphatic carbocycles. The van der Waals surface area contributed by atoms with Crippen molar-refractivity contribution in [2.75, 3.05) is 27.2 Å². The van der Waals surface area contributed by atoms with E-state index in [-0.39, 0.29) is 11.8 Å². The molecule has 34 heavy (non-hydrogen) atoms. The zero-order valence-corrected chi connectivity index (χ0v) is 20.5. The standard InChI is InChI=1S/C24H28N8OS/c1-13(2)19-16-11-14(23-30-32(10-9-31(3)4)24(34-23)21(25)33)5-6-18(16)28-20(19)15-7-8-26-22-17(15)12-27-29-22/h5-8,11-13,24,28H,9-10H2,1-4H3,(H2,25,33)(H,26,27,29). The lowest BCUT2D eigenvalue weighted by molar-refractivity contribution is -0.120. The van der Waals surface area contributed by atoms with E-state index < -0.39 is 5.37 Å². The Labute approximate surface area is 201 Å². The van der Waals surface area contributed by atoms with Gasteiger partial charge in [-0.15, -0.1) is 0 Å². The summed E-state index contributed by atoms with van der Waals surface area (Å²) in [7, 11) is 4.00. The highest BCUT2D eigenvalue weighted by atomic mass is 32.2. The van der Waals surface area contributed by atoms with E-state index in [1.54, 1.807) is 11.2 Å². The number of nitrogens with zero attached hydrogens (tertiary/aromatic N) is 5. The summed E-state index contributed by atoms with van der Waals surface area (Å²) in [6, 6.07) is 8.31. The number of carbonyl (C=O) groups is 1. The molecule has 0 saturated carbocycles. The third-order valence-corrected chi connectivity index (χ3v) is 7.26. The summed E-state index contributed by atoms with van der Waals surface area (Å²) in [4.78, 5) is 22.2. The van der Waals surface area contributed by atoms with Gasteiger partial charge in [0.2, 0.25) is 0 Å². The number of fused-ring (bicyclic) bond motifs is 2. The molecule has 4 heterocycles. The number of nitrogens with one attached hydrogen (secondary N) is 2. The highest BCUT2D eigenvalue weighted by Crippen LogP contribution is 2.39. The lowest BCUT2D eigenvalue weighted by atomic mass is 9.95. The van der Waals surface area contributed by atoms with Crippen molar-refractivity contribution < 1.29 is 4.79 Å². The van der Waals surface area contributed by atoms with Crippen LogP contribution in [0.4, 0.5) is 0 Å². The molecule has 1 aromatic carbocycles. The van der Waals surface area contributed by atoms with Crippen LogP contribution in [0.2, 0.25) is 0 Å². The highest BCUT2D eigenvalue weighted by molar-refractivity contribution is 8.15. The van der Waals surface area contributed by atoms with Crippen LogP contribution in [0.5, 0.6) is 0 Å². The molecule has 5 rings (SSSR count). The molecule has 0 saturated heterocycles. The van der Waals surface area contributed by atoms with Crippen molar-refractivity contribution in [2.24, 2.45) is 10.8 Å². The smallest absolute Gasteiger partial charge is 0.252 e. The number of hydrogen-bond acceptors (Lipinski definition) is 7. The Morgan fingerprint density at radius 1 is 1.26 bits per heavy atom. The number of hydrazone groups is 1. The quantitative estimate of drug-likeness (QED) is 0.376. The van der Waals surface area contributed by atoms with Gasteiger partial charge >= 0.3 is 0 Å². The first kappa shape index (κ1) is 22.4. The summed E-state index contributed by atoms with van der Waals surface area (Å²) in [6.07, 6.45) is 3.61. The van der Waals surface area contributed by atoms with E-state index in [0.29, 0.717) is 6.54 Å². The topological polar surface area (TPSA) is 119 Å². The number of benzene rings is 1. The van der Waals surface area contributed by atoms with E-state index in [1.807, 2.05) is 32.4 Å². The second-order valence-electron chi connectivity index (χ2n) is 9.06. The fourth-order valence-electron chi connectivity index (χ4n) is 4.39. The van der Waals surface area contributed by atoms with Crippen molar-refractivity contribution in [3.63, 3.8) is 0 Å². The van der Waals surface area contributed by atoms with Gasteiger partial charge in [0.15, 0.2) is 11.0 Å². The molecular weight excluding hydrogens is 448 g/mol. The van der Waals surface area contributed by atoms with Crippen LogP contribution < -0.4 is 5.73 Å². The van der Waals surface area contributed by atoms with Gasteiger partial charge in [-0.25, -0.2) is 4.98 Å².